The summed E-state index contributed by atoms with van der Waals surface area (Å²) in [5.74, 6) is 1.03. The number of nitrogens with two attached hydrogens (primary N) is 1. The SMILES string of the molecule is Cn1cc(-c2cn3nccc3c(-c3cnn([C@]4(CC#N)C[C@@H](C)C4)c3)n2)c(N)n1. The molecule has 2 N–H and O–H groups in total. The molecule has 0 amide bonds. The van der Waals surface area contributed by atoms with E-state index in [1.165, 1.54) is 0 Å². The van der Waals surface area contributed by atoms with E-state index in [4.69, 9.17) is 10.7 Å². The number of nitrogens with zero attached hydrogens (tertiary/aromatic N) is 8. The van der Waals surface area contributed by atoms with Gasteiger partial charge in [-0.15, -0.1) is 0 Å². The van der Waals surface area contributed by atoms with E-state index in [1.807, 2.05) is 42.6 Å². The molecule has 1 aliphatic carbocycles. The topological polar surface area (TPSA) is 116 Å². The third-order valence-electron chi connectivity index (χ3n) is 5.73. The predicted molar refractivity (Wildman–Crippen MR) is 107 cm³/mol. The molecular formula is C20H21N9. The monoisotopic (exact) mass is 387 g/mol. The molecule has 4 heterocycles. The molecule has 0 atom stereocenters. The second kappa shape index (κ2) is 6.17. The second-order valence-electron chi connectivity index (χ2n) is 7.98. The minimum absolute atomic E-state index is 0.214. The van der Waals surface area contributed by atoms with E-state index in [1.54, 1.807) is 15.4 Å². The summed E-state index contributed by atoms with van der Waals surface area (Å²) in [4.78, 5) is 4.88. The number of rotatable bonds is 4. The zero-order chi connectivity index (χ0) is 20.2. The summed E-state index contributed by atoms with van der Waals surface area (Å²) in [7, 11) is 1.82. The minimum Gasteiger partial charge on any atom is -0.382 e. The van der Waals surface area contributed by atoms with Crippen LogP contribution in [0.1, 0.15) is 26.2 Å². The zero-order valence-electron chi connectivity index (χ0n) is 16.3. The standard InChI is InChI=1S/C20H21N9/c1-13-7-20(8-13,4-5-21)29-10-14(9-24-29)18-17-3-6-23-28(17)12-16(25-18)15-11-27(2)26-19(15)22/h3,6,9-13H,4,7-8H2,1-2H3,(H2,22,26)/t13-,20-. The number of aryl methyl sites for hydroxylation is 1. The average molecular weight is 387 g/mol. The number of hydrogen-bond acceptors (Lipinski definition) is 6. The lowest BCUT2D eigenvalue weighted by Crippen LogP contribution is -2.45. The smallest absolute Gasteiger partial charge is 0.154 e. The highest BCUT2D eigenvalue weighted by Gasteiger charge is 2.44. The molecule has 0 saturated heterocycles. The molecule has 1 saturated carbocycles. The highest BCUT2D eigenvalue weighted by molar-refractivity contribution is 5.80. The van der Waals surface area contributed by atoms with Crippen molar-refractivity contribution in [3.8, 4) is 28.6 Å². The molecule has 0 radical (unpaired) electrons. The predicted octanol–water partition coefficient (Wildman–Crippen LogP) is 2.61. The van der Waals surface area contributed by atoms with Gasteiger partial charge in [-0.1, -0.05) is 6.92 Å². The van der Waals surface area contributed by atoms with Gasteiger partial charge in [-0.2, -0.15) is 20.6 Å². The average Bonchev–Trinajstić information content (AvgIpc) is 3.38. The van der Waals surface area contributed by atoms with Crippen LogP contribution < -0.4 is 5.73 Å². The van der Waals surface area contributed by atoms with Crippen LogP contribution in [0.3, 0.4) is 0 Å². The van der Waals surface area contributed by atoms with Crippen LogP contribution in [0.2, 0.25) is 0 Å². The number of nitrogen functional groups attached to an aromatic ring is 1. The normalized spacial score (nSPS) is 21.2. The lowest BCUT2D eigenvalue weighted by molar-refractivity contribution is 0.0682. The summed E-state index contributed by atoms with van der Waals surface area (Å²) >= 11 is 0. The van der Waals surface area contributed by atoms with Crippen LogP contribution in [-0.4, -0.2) is 34.2 Å². The van der Waals surface area contributed by atoms with Crippen LogP contribution in [-0.2, 0) is 12.6 Å². The maximum atomic E-state index is 9.31. The maximum absolute atomic E-state index is 9.31. The third-order valence-corrected chi connectivity index (χ3v) is 5.73. The summed E-state index contributed by atoms with van der Waals surface area (Å²) < 4.78 is 5.41. The number of anilines is 1. The van der Waals surface area contributed by atoms with E-state index in [0.717, 1.165) is 35.2 Å². The van der Waals surface area contributed by atoms with Crippen molar-refractivity contribution in [1.29, 1.82) is 5.26 Å². The fourth-order valence-corrected chi connectivity index (χ4v) is 4.47. The zero-order valence-corrected chi connectivity index (χ0v) is 16.3. The van der Waals surface area contributed by atoms with Gasteiger partial charge in [-0.3, -0.25) is 9.36 Å². The van der Waals surface area contributed by atoms with Crippen LogP contribution in [0.25, 0.3) is 28.0 Å². The van der Waals surface area contributed by atoms with Crippen molar-refractivity contribution >= 4 is 11.3 Å². The summed E-state index contributed by atoms with van der Waals surface area (Å²) in [5.41, 5.74) is 9.84. The summed E-state index contributed by atoms with van der Waals surface area (Å²) in [6.07, 6.45) is 11.6. The van der Waals surface area contributed by atoms with E-state index in [0.29, 0.717) is 23.9 Å². The Morgan fingerprint density at radius 2 is 2.10 bits per heavy atom. The highest BCUT2D eigenvalue weighted by Crippen LogP contribution is 2.46. The summed E-state index contributed by atoms with van der Waals surface area (Å²) in [6.45, 7) is 2.21. The Morgan fingerprint density at radius 3 is 2.79 bits per heavy atom. The molecule has 0 unspecified atom stereocenters. The highest BCUT2D eigenvalue weighted by atomic mass is 15.3. The summed E-state index contributed by atoms with van der Waals surface area (Å²) in [6, 6.07) is 4.25. The van der Waals surface area contributed by atoms with Crippen LogP contribution in [0, 0.1) is 17.2 Å². The first-order valence-electron chi connectivity index (χ1n) is 9.55. The molecule has 29 heavy (non-hydrogen) atoms. The second-order valence-corrected chi connectivity index (χ2v) is 7.98. The first-order chi connectivity index (χ1) is 14.0. The van der Waals surface area contributed by atoms with Gasteiger partial charge in [0.05, 0.1) is 59.1 Å². The van der Waals surface area contributed by atoms with Gasteiger partial charge in [0.2, 0.25) is 0 Å². The van der Waals surface area contributed by atoms with Crippen molar-refractivity contribution in [1.82, 2.24) is 34.2 Å². The van der Waals surface area contributed by atoms with Crippen LogP contribution in [0.15, 0.2) is 37.1 Å². The van der Waals surface area contributed by atoms with E-state index < -0.39 is 0 Å². The van der Waals surface area contributed by atoms with E-state index in [2.05, 4.69) is 28.3 Å². The molecule has 0 aromatic carbocycles. The lowest BCUT2D eigenvalue weighted by Gasteiger charge is -2.45. The Bertz CT molecular complexity index is 1250. The van der Waals surface area contributed by atoms with Gasteiger partial charge in [0.25, 0.3) is 0 Å². The molecule has 4 aromatic rings. The van der Waals surface area contributed by atoms with Crippen LogP contribution in [0.4, 0.5) is 5.82 Å². The largest absolute Gasteiger partial charge is 0.382 e. The van der Waals surface area contributed by atoms with E-state index >= 15 is 0 Å². The van der Waals surface area contributed by atoms with Gasteiger partial charge >= 0.3 is 0 Å². The van der Waals surface area contributed by atoms with Crippen molar-refractivity contribution in [3.63, 3.8) is 0 Å². The van der Waals surface area contributed by atoms with Gasteiger partial charge in [-0.25, -0.2) is 9.50 Å². The Kier molecular flexibility index (Phi) is 3.71. The number of aromatic nitrogens is 7. The maximum Gasteiger partial charge on any atom is 0.154 e. The van der Waals surface area contributed by atoms with Gasteiger partial charge in [0.15, 0.2) is 5.82 Å². The van der Waals surface area contributed by atoms with Gasteiger partial charge < -0.3 is 5.73 Å². The van der Waals surface area contributed by atoms with Crippen LogP contribution in [0.5, 0.6) is 0 Å². The minimum atomic E-state index is -0.214. The number of fused-ring (bicyclic) bond motifs is 1. The quantitative estimate of drug-likeness (QED) is 0.575. The molecular weight excluding hydrogens is 366 g/mol. The molecule has 0 bridgehead atoms. The Balaban J connectivity index is 1.63. The number of nitriles is 1. The molecule has 0 spiro atoms. The van der Waals surface area contributed by atoms with Crippen molar-refractivity contribution in [2.75, 3.05) is 5.73 Å². The molecule has 9 nitrogen and oxygen atoms in total. The lowest BCUT2D eigenvalue weighted by atomic mass is 9.67. The fourth-order valence-electron chi connectivity index (χ4n) is 4.47. The van der Waals surface area contributed by atoms with Crippen LogP contribution >= 0.6 is 0 Å². The van der Waals surface area contributed by atoms with Gasteiger partial charge in [-0.05, 0) is 24.8 Å². The fraction of sp³-hybridized carbons (Fsp3) is 0.350. The first-order valence-corrected chi connectivity index (χ1v) is 9.55. The van der Waals surface area contributed by atoms with E-state index in [-0.39, 0.29) is 5.54 Å². The third kappa shape index (κ3) is 2.68. The van der Waals surface area contributed by atoms with Crippen molar-refractivity contribution in [2.45, 2.75) is 31.7 Å². The van der Waals surface area contributed by atoms with Crippen molar-refractivity contribution in [2.24, 2.45) is 13.0 Å². The van der Waals surface area contributed by atoms with E-state index in [9.17, 15) is 5.26 Å². The summed E-state index contributed by atoms with van der Waals surface area (Å²) in [5, 5.41) is 22.5. The Hall–Kier alpha value is -3.67. The van der Waals surface area contributed by atoms with Gasteiger partial charge in [0, 0.05) is 25.0 Å². The molecule has 5 rings (SSSR count). The van der Waals surface area contributed by atoms with Gasteiger partial charge in [0.1, 0.15) is 0 Å². The molecule has 9 heteroatoms. The first kappa shape index (κ1) is 17.4. The van der Waals surface area contributed by atoms with Crippen molar-refractivity contribution in [3.05, 3.63) is 37.1 Å². The molecule has 4 aromatic heterocycles. The molecule has 146 valence electrons. The molecule has 1 fully saturated rings. The Morgan fingerprint density at radius 1 is 1.28 bits per heavy atom. The Labute approximate surface area is 167 Å². The molecule has 0 aliphatic heterocycles. The molecule has 1 aliphatic rings. The number of hydrogen-bond donors (Lipinski definition) is 1. The van der Waals surface area contributed by atoms with Crippen molar-refractivity contribution < 1.29 is 0 Å².